The molecular weight excluding hydrogens is 330 g/mol. The Morgan fingerprint density at radius 2 is 1.92 bits per heavy atom. The summed E-state index contributed by atoms with van der Waals surface area (Å²) >= 11 is 0. The van der Waals surface area contributed by atoms with E-state index in [1.807, 2.05) is 30.3 Å². The maximum Gasteiger partial charge on any atom is 0.222 e. The fraction of sp³-hybridized carbons (Fsp3) is 0.0556. The number of aromatic nitrogens is 6. The van der Waals surface area contributed by atoms with Gasteiger partial charge in [-0.05, 0) is 23.8 Å². The summed E-state index contributed by atoms with van der Waals surface area (Å²) < 4.78 is 7.13. The van der Waals surface area contributed by atoms with Gasteiger partial charge in [0.1, 0.15) is 5.69 Å². The van der Waals surface area contributed by atoms with Crippen LogP contribution < -0.4 is 5.73 Å². The first-order valence-electron chi connectivity index (χ1n) is 8.03. The van der Waals surface area contributed by atoms with Gasteiger partial charge in [0.15, 0.2) is 16.9 Å². The van der Waals surface area contributed by atoms with Crippen molar-refractivity contribution in [2.45, 2.75) is 6.54 Å². The highest BCUT2D eigenvalue weighted by molar-refractivity contribution is 5.86. The first kappa shape index (κ1) is 14.5. The Hall–Kier alpha value is -3.81. The minimum atomic E-state index is 0.142. The molecule has 4 aromatic heterocycles. The van der Waals surface area contributed by atoms with Crippen LogP contribution in [0.3, 0.4) is 0 Å². The average Bonchev–Trinajstić information content (AvgIpc) is 3.32. The molecule has 0 aliphatic rings. The standard InChI is InChI=1S/C18H13N7O/c19-18-21-15(13-7-3-9-26-13)16-17(22-18)25(24-23-16)10-12-5-1-4-11-6-2-8-20-14(11)12/h1-9H,10H2,(H2,19,21,22). The number of anilines is 1. The molecule has 0 radical (unpaired) electrons. The Balaban J connectivity index is 1.66. The van der Waals surface area contributed by atoms with Gasteiger partial charge in [0.25, 0.3) is 0 Å². The zero-order valence-corrected chi connectivity index (χ0v) is 13.6. The molecule has 0 aliphatic heterocycles. The number of rotatable bonds is 3. The molecule has 8 nitrogen and oxygen atoms in total. The van der Waals surface area contributed by atoms with Crippen LogP contribution in [0.5, 0.6) is 0 Å². The van der Waals surface area contributed by atoms with E-state index in [9.17, 15) is 0 Å². The molecule has 0 fully saturated rings. The molecule has 5 aromatic rings. The third kappa shape index (κ3) is 2.27. The summed E-state index contributed by atoms with van der Waals surface area (Å²) in [4.78, 5) is 13.1. The molecule has 0 aliphatic carbocycles. The van der Waals surface area contributed by atoms with E-state index in [1.54, 1.807) is 29.3 Å². The second-order valence-electron chi connectivity index (χ2n) is 5.82. The number of nitrogens with two attached hydrogens (primary N) is 1. The molecular formula is C18H13N7O. The van der Waals surface area contributed by atoms with E-state index in [2.05, 4.69) is 25.3 Å². The summed E-state index contributed by atoms with van der Waals surface area (Å²) in [5, 5.41) is 9.56. The molecule has 1 aromatic carbocycles. The van der Waals surface area contributed by atoms with E-state index in [1.165, 1.54) is 0 Å². The van der Waals surface area contributed by atoms with Gasteiger partial charge in [-0.25, -0.2) is 9.67 Å². The molecule has 0 unspecified atom stereocenters. The van der Waals surface area contributed by atoms with Crippen molar-refractivity contribution in [1.29, 1.82) is 0 Å². The Kier molecular flexibility index (Phi) is 3.14. The number of pyridine rings is 1. The third-order valence-corrected chi connectivity index (χ3v) is 4.17. The molecule has 0 atom stereocenters. The van der Waals surface area contributed by atoms with Crippen LogP contribution in [0.25, 0.3) is 33.5 Å². The van der Waals surface area contributed by atoms with Gasteiger partial charge in [-0.15, -0.1) is 5.10 Å². The van der Waals surface area contributed by atoms with E-state index >= 15 is 0 Å². The summed E-state index contributed by atoms with van der Waals surface area (Å²) in [5.41, 5.74) is 9.46. The molecule has 0 spiro atoms. The number of nitrogens with zero attached hydrogens (tertiary/aromatic N) is 6. The monoisotopic (exact) mass is 343 g/mol. The topological polar surface area (TPSA) is 109 Å². The smallest absolute Gasteiger partial charge is 0.222 e. The third-order valence-electron chi connectivity index (χ3n) is 4.17. The van der Waals surface area contributed by atoms with Gasteiger partial charge in [0.05, 0.1) is 18.3 Å². The Morgan fingerprint density at radius 1 is 1.00 bits per heavy atom. The fourth-order valence-corrected chi connectivity index (χ4v) is 3.02. The lowest BCUT2D eigenvalue weighted by Gasteiger charge is -2.06. The van der Waals surface area contributed by atoms with Crippen LogP contribution in [0, 0.1) is 0 Å². The van der Waals surface area contributed by atoms with Crippen molar-refractivity contribution in [1.82, 2.24) is 29.9 Å². The highest BCUT2D eigenvalue weighted by Crippen LogP contribution is 2.26. The first-order valence-corrected chi connectivity index (χ1v) is 8.03. The van der Waals surface area contributed by atoms with Crippen molar-refractivity contribution < 1.29 is 4.42 Å². The predicted octanol–water partition coefficient (Wildman–Crippen LogP) is 2.66. The lowest BCUT2D eigenvalue weighted by atomic mass is 10.1. The summed E-state index contributed by atoms with van der Waals surface area (Å²) in [7, 11) is 0. The Morgan fingerprint density at radius 3 is 2.81 bits per heavy atom. The molecule has 0 bridgehead atoms. The highest BCUT2D eigenvalue weighted by Gasteiger charge is 2.17. The molecule has 0 amide bonds. The number of nitrogen functional groups attached to an aromatic ring is 1. The molecule has 8 heteroatoms. The molecule has 0 saturated carbocycles. The number of fused-ring (bicyclic) bond motifs is 2. The van der Waals surface area contributed by atoms with Crippen LogP contribution >= 0.6 is 0 Å². The second kappa shape index (κ2) is 5.62. The summed E-state index contributed by atoms with van der Waals surface area (Å²) in [6.45, 7) is 0.471. The van der Waals surface area contributed by atoms with Gasteiger partial charge in [0.2, 0.25) is 5.95 Å². The van der Waals surface area contributed by atoms with Gasteiger partial charge < -0.3 is 10.2 Å². The van der Waals surface area contributed by atoms with Crippen LogP contribution in [0.2, 0.25) is 0 Å². The highest BCUT2D eigenvalue weighted by atomic mass is 16.3. The summed E-state index contributed by atoms with van der Waals surface area (Å²) in [5.74, 6) is 0.714. The minimum Gasteiger partial charge on any atom is -0.463 e. The van der Waals surface area contributed by atoms with Crippen LogP contribution in [-0.2, 0) is 6.54 Å². The fourth-order valence-electron chi connectivity index (χ4n) is 3.02. The Bertz CT molecular complexity index is 1220. The van der Waals surface area contributed by atoms with Crippen LogP contribution in [0.15, 0.2) is 59.3 Å². The molecule has 2 N–H and O–H groups in total. The molecule has 5 rings (SSSR count). The first-order chi connectivity index (χ1) is 12.8. The normalized spacial score (nSPS) is 11.4. The lowest BCUT2D eigenvalue weighted by molar-refractivity contribution is 0.580. The van der Waals surface area contributed by atoms with Crippen molar-refractivity contribution in [3.05, 3.63) is 60.5 Å². The van der Waals surface area contributed by atoms with Gasteiger partial charge >= 0.3 is 0 Å². The maximum atomic E-state index is 5.90. The summed E-state index contributed by atoms with van der Waals surface area (Å²) in [6.07, 6.45) is 3.35. The molecule has 4 heterocycles. The average molecular weight is 343 g/mol. The number of para-hydroxylation sites is 1. The van der Waals surface area contributed by atoms with Crippen molar-refractivity contribution in [2.24, 2.45) is 0 Å². The van der Waals surface area contributed by atoms with Gasteiger partial charge in [-0.2, -0.15) is 4.98 Å². The van der Waals surface area contributed by atoms with Crippen molar-refractivity contribution in [3.63, 3.8) is 0 Å². The van der Waals surface area contributed by atoms with E-state index < -0.39 is 0 Å². The predicted molar refractivity (Wildman–Crippen MR) is 96.1 cm³/mol. The van der Waals surface area contributed by atoms with Gasteiger partial charge in [-0.3, -0.25) is 4.98 Å². The Labute approximate surface area is 147 Å². The van der Waals surface area contributed by atoms with Crippen molar-refractivity contribution in [2.75, 3.05) is 5.73 Å². The number of furan rings is 1. The van der Waals surface area contributed by atoms with Crippen molar-refractivity contribution in [3.8, 4) is 11.5 Å². The van der Waals surface area contributed by atoms with E-state index in [-0.39, 0.29) is 5.95 Å². The van der Waals surface area contributed by atoms with Crippen LogP contribution in [-0.4, -0.2) is 29.9 Å². The summed E-state index contributed by atoms with van der Waals surface area (Å²) in [6, 6.07) is 13.6. The van der Waals surface area contributed by atoms with E-state index in [4.69, 9.17) is 10.2 Å². The molecule has 26 heavy (non-hydrogen) atoms. The molecule has 0 saturated heterocycles. The lowest BCUT2D eigenvalue weighted by Crippen LogP contribution is -2.06. The van der Waals surface area contributed by atoms with Crippen LogP contribution in [0.1, 0.15) is 5.56 Å². The maximum absolute atomic E-state index is 5.90. The van der Waals surface area contributed by atoms with Gasteiger partial charge in [-0.1, -0.05) is 29.5 Å². The van der Waals surface area contributed by atoms with Gasteiger partial charge in [0, 0.05) is 11.6 Å². The SMILES string of the molecule is Nc1nc(-c2ccco2)c2nnn(Cc3cccc4cccnc34)c2n1. The zero-order chi connectivity index (χ0) is 17.5. The van der Waals surface area contributed by atoms with Crippen LogP contribution in [0.4, 0.5) is 5.95 Å². The number of hydrogen-bond acceptors (Lipinski definition) is 7. The van der Waals surface area contributed by atoms with E-state index in [0.29, 0.717) is 29.2 Å². The number of hydrogen-bond donors (Lipinski definition) is 1. The van der Waals surface area contributed by atoms with E-state index in [0.717, 1.165) is 16.5 Å². The zero-order valence-electron chi connectivity index (χ0n) is 13.6. The largest absolute Gasteiger partial charge is 0.463 e. The van der Waals surface area contributed by atoms with Crippen molar-refractivity contribution >= 4 is 28.0 Å². The quantitative estimate of drug-likeness (QED) is 0.536. The number of benzene rings is 1. The second-order valence-corrected chi connectivity index (χ2v) is 5.82. The minimum absolute atomic E-state index is 0.142. The molecule has 126 valence electrons.